The first-order chi connectivity index (χ1) is 9.49. The Morgan fingerprint density at radius 2 is 1.85 bits per heavy atom. The van der Waals surface area contributed by atoms with Gasteiger partial charge in [-0.3, -0.25) is 9.59 Å². The van der Waals surface area contributed by atoms with Crippen molar-refractivity contribution in [2.75, 3.05) is 19.0 Å². The Bertz CT molecular complexity index is 544. The second-order valence-electron chi connectivity index (χ2n) is 3.67. The monoisotopic (exact) mass is 316 g/mol. The molecule has 108 valence electrons. The molecular weight excluding hydrogens is 303 g/mol. The molecule has 0 unspecified atom stereocenters. The molecule has 0 saturated carbocycles. The summed E-state index contributed by atoms with van der Waals surface area (Å²) >= 11 is 11.5. The van der Waals surface area contributed by atoms with Crippen molar-refractivity contribution in [3.8, 4) is 5.75 Å². The van der Waals surface area contributed by atoms with Gasteiger partial charge in [-0.15, -0.1) is 0 Å². The predicted molar refractivity (Wildman–Crippen MR) is 79.0 cm³/mol. The molecule has 2 amide bonds. The summed E-state index contributed by atoms with van der Waals surface area (Å²) in [6.45, 7) is 2.11. The second kappa shape index (κ2) is 7.77. The quantitative estimate of drug-likeness (QED) is 0.820. The van der Waals surface area contributed by atoms with Crippen molar-refractivity contribution < 1.29 is 14.3 Å². The van der Waals surface area contributed by atoms with Gasteiger partial charge in [-0.1, -0.05) is 29.3 Å². The predicted octanol–water partition coefficient (Wildman–Crippen LogP) is 2.46. The zero-order valence-electron chi connectivity index (χ0n) is 11.0. The summed E-state index contributed by atoms with van der Waals surface area (Å²) in [5, 5.41) is 4.24. The van der Waals surface area contributed by atoms with Crippen molar-refractivity contribution in [3.05, 3.63) is 34.3 Å². The summed E-state index contributed by atoms with van der Waals surface area (Å²) in [5.74, 6) is -0.686. The van der Waals surface area contributed by atoms with E-state index in [1.54, 1.807) is 31.2 Å². The van der Waals surface area contributed by atoms with Crippen molar-refractivity contribution in [1.29, 1.82) is 0 Å². The average molecular weight is 317 g/mol. The van der Waals surface area contributed by atoms with Gasteiger partial charge in [-0.05, 0) is 19.1 Å². The lowest BCUT2D eigenvalue weighted by Gasteiger charge is -2.07. The first-order valence-corrected chi connectivity index (χ1v) is 6.54. The molecule has 0 atom stereocenters. The van der Waals surface area contributed by atoms with Crippen molar-refractivity contribution >= 4 is 40.7 Å². The highest BCUT2D eigenvalue weighted by molar-refractivity contribution is 6.54. The minimum absolute atomic E-state index is 0.353. The van der Waals surface area contributed by atoms with E-state index in [4.69, 9.17) is 27.9 Å². The van der Waals surface area contributed by atoms with E-state index < -0.39 is 11.8 Å². The molecule has 0 heterocycles. The fraction of sp³-hybridized carbons (Fsp3) is 0.231. The number of methoxy groups -OCH3 is 1. The van der Waals surface area contributed by atoms with E-state index in [1.807, 2.05) is 0 Å². The fourth-order valence-corrected chi connectivity index (χ4v) is 1.61. The van der Waals surface area contributed by atoms with Gasteiger partial charge in [0.25, 0.3) is 11.8 Å². The standard InChI is InChI=1S/C13H14Cl2N2O3/c1-3-16-12(18)10(14)11(15)13(19)17-8-5-4-6-9(7-8)20-2/h4-7H,3H2,1-2H3,(H,16,18)(H,17,19)/b11-10-. The van der Waals surface area contributed by atoms with Gasteiger partial charge in [0, 0.05) is 18.3 Å². The number of carbonyl (C=O) groups excluding carboxylic acids is 2. The van der Waals surface area contributed by atoms with E-state index in [-0.39, 0.29) is 10.1 Å². The van der Waals surface area contributed by atoms with Gasteiger partial charge in [-0.2, -0.15) is 0 Å². The SMILES string of the molecule is CCNC(=O)/C(Cl)=C(/Cl)C(=O)Nc1cccc(OC)c1. The Morgan fingerprint density at radius 1 is 1.20 bits per heavy atom. The second-order valence-corrected chi connectivity index (χ2v) is 4.43. The van der Waals surface area contributed by atoms with Gasteiger partial charge in [0.05, 0.1) is 7.11 Å². The Hall–Kier alpha value is -1.72. The van der Waals surface area contributed by atoms with Crippen LogP contribution >= 0.6 is 23.2 Å². The highest BCUT2D eigenvalue weighted by Gasteiger charge is 2.17. The number of amides is 2. The molecular formula is C13H14Cl2N2O3. The highest BCUT2D eigenvalue weighted by atomic mass is 35.5. The van der Waals surface area contributed by atoms with Gasteiger partial charge in [-0.25, -0.2) is 0 Å². The third-order valence-electron chi connectivity index (χ3n) is 2.26. The molecule has 1 rings (SSSR count). The van der Waals surface area contributed by atoms with Gasteiger partial charge in [0.2, 0.25) is 0 Å². The number of nitrogens with one attached hydrogen (secondary N) is 2. The Labute approximate surface area is 126 Å². The minimum Gasteiger partial charge on any atom is -0.497 e. The number of likely N-dealkylation sites (N-methyl/N-ethyl adjacent to an activating group) is 1. The lowest BCUT2D eigenvalue weighted by molar-refractivity contribution is -0.117. The largest absolute Gasteiger partial charge is 0.497 e. The number of halogens is 2. The van der Waals surface area contributed by atoms with Gasteiger partial charge >= 0.3 is 0 Å². The first kappa shape index (κ1) is 16.3. The number of hydrogen-bond acceptors (Lipinski definition) is 3. The number of rotatable bonds is 5. The summed E-state index contributed by atoms with van der Waals surface area (Å²) in [6, 6.07) is 6.71. The Balaban J connectivity index is 2.84. The molecule has 0 aromatic heterocycles. The van der Waals surface area contributed by atoms with Crippen LogP contribution in [0, 0.1) is 0 Å². The average Bonchev–Trinajstić information content (AvgIpc) is 2.46. The maximum atomic E-state index is 11.9. The van der Waals surface area contributed by atoms with Gasteiger partial charge in [0.1, 0.15) is 15.8 Å². The van der Waals surface area contributed by atoms with Crippen molar-refractivity contribution in [2.24, 2.45) is 0 Å². The third kappa shape index (κ3) is 4.43. The minimum atomic E-state index is -0.670. The molecule has 20 heavy (non-hydrogen) atoms. The molecule has 0 aliphatic rings. The van der Waals surface area contributed by atoms with Crippen molar-refractivity contribution in [2.45, 2.75) is 6.92 Å². The molecule has 2 N–H and O–H groups in total. The van der Waals surface area contributed by atoms with Gasteiger partial charge < -0.3 is 15.4 Å². The molecule has 0 saturated heterocycles. The summed E-state index contributed by atoms with van der Waals surface area (Å²) < 4.78 is 5.03. The molecule has 0 bridgehead atoms. The molecule has 0 fully saturated rings. The lowest BCUT2D eigenvalue weighted by atomic mass is 10.3. The maximum absolute atomic E-state index is 11.9. The zero-order valence-corrected chi connectivity index (χ0v) is 12.5. The molecule has 1 aromatic carbocycles. The summed E-state index contributed by atoms with van der Waals surface area (Å²) in [5.41, 5.74) is 0.480. The van der Waals surface area contributed by atoms with Crippen LogP contribution in [0.4, 0.5) is 5.69 Å². The first-order valence-electron chi connectivity index (χ1n) is 5.78. The van der Waals surface area contributed by atoms with E-state index in [9.17, 15) is 9.59 Å². The topological polar surface area (TPSA) is 67.4 Å². The Kier molecular flexibility index (Phi) is 6.35. The fourth-order valence-electron chi connectivity index (χ4n) is 1.32. The van der Waals surface area contributed by atoms with Crippen LogP contribution in [0.25, 0.3) is 0 Å². The summed E-state index contributed by atoms with van der Waals surface area (Å²) in [6.07, 6.45) is 0. The van der Waals surface area contributed by atoms with Crippen LogP contribution in [-0.4, -0.2) is 25.5 Å². The molecule has 7 heteroatoms. The number of anilines is 1. The summed E-state index contributed by atoms with van der Waals surface area (Å²) in [4.78, 5) is 23.3. The zero-order chi connectivity index (χ0) is 15.1. The van der Waals surface area contributed by atoms with E-state index in [0.717, 1.165) is 0 Å². The van der Waals surface area contributed by atoms with Crippen molar-refractivity contribution in [1.82, 2.24) is 5.32 Å². The maximum Gasteiger partial charge on any atom is 0.268 e. The number of benzene rings is 1. The molecule has 0 radical (unpaired) electrons. The van der Waals surface area contributed by atoms with Crippen LogP contribution < -0.4 is 15.4 Å². The Morgan fingerprint density at radius 3 is 2.45 bits per heavy atom. The molecule has 0 spiro atoms. The number of carbonyl (C=O) groups is 2. The normalized spacial score (nSPS) is 11.4. The van der Waals surface area contributed by atoms with E-state index >= 15 is 0 Å². The highest BCUT2D eigenvalue weighted by Crippen LogP contribution is 2.20. The molecule has 0 aliphatic carbocycles. The van der Waals surface area contributed by atoms with Crippen molar-refractivity contribution in [3.63, 3.8) is 0 Å². The lowest BCUT2D eigenvalue weighted by Crippen LogP contribution is -2.25. The van der Waals surface area contributed by atoms with Crippen LogP contribution in [-0.2, 0) is 9.59 Å². The summed E-state index contributed by atoms with van der Waals surface area (Å²) in [7, 11) is 1.51. The van der Waals surface area contributed by atoms with Crippen LogP contribution in [0.5, 0.6) is 5.75 Å². The molecule has 5 nitrogen and oxygen atoms in total. The van der Waals surface area contributed by atoms with Crippen LogP contribution in [0.15, 0.2) is 34.3 Å². The van der Waals surface area contributed by atoms with E-state index in [2.05, 4.69) is 10.6 Å². The number of hydrogen-bond donors (Lipinski definition) is 2. The van der Waals surface area contributed by atoms with E-state index in [0.29, 0.717) is 18.0 Å². The smallest absolute Gasteiger partial charge is 0.268 e. The van der Waals surface area contributed by atoms with Crippen LogP contribution in [0.1, 0.15) is 6.92 Å². The van der Waals surface area contributed by atoms with Gasteiger partial charge in [0.15, 0.2) is 0 Å². The molecule has 0 aliphatic heterocycles. The van der Waals surface area contributed by atoms with Crippen LogP contribution in [0.2, 0.25) is 0 Å². The van der Waals surface area contributed by atoms with E-state index in [1.165, 1.54) is 7.11 Å². The molecule has 1 aromatic rings. The van der Waals surface area contributed by atoms with Crippen LogP contribution in [0.3, 0.4) is 0 Å². The number of ether oxygens (including phenoxy) is 1. The third-order valence-corrected chi connectivity index (χ3v) is 3.07.